The van der Waals surface area contributed by atoms with Gasteiger partial charge in [-0.1, -0.05) is 58.0 Å². The Bertz CT molecular complexity index is 406. The Labute approximate surface area is 110 Å². The first kappa shape index (κ1) is 13.6. The maximum absolute atomic E-state index is 10.5. The van der Waals surface area contributed by atoms with Gasteiger partial charge in [-0.3, -0.25) is 0 Å². The summed E-state index contributed by atoms with van der Waals surface area (Å²) < 4.78 is 0. The van der Waals surface area contributed by atoms with Crippen molar-refractivity contribution in [1.29, 1.82) is 0 Å². The smallest absolute Gasteiger partial charge is 0.0992 e. The Morgan fingerprint density at radius 3 is 2.06 bits per heavy atom. The summed E-state index contributed by atoms with van der Waals surface area (Å²) >= 11 is 0. The SMILES string of the molecule is CC(O)(CNC1C(C)(C)C1(C)C)c1ccccc1. The van der Waals surface area contributed by atoms with E-state index < -0.39 is 5.60 Å². The van der Waals surface area contributed by atoms with E-state index in [1.807, 2.05) is 37.3 Å². The summed E-state index contributed by atoms with van der Waals surface area (Å²) in [6.45, 7) is 11.6. The van der Waals surface area contributed by atoms with E-state index in [1.54, 1.807) is 0 Å². The van der Waals surface area contributed by atoms with Gasteiger partial charge in [0.25, 0.3) is 0 Å². The molecule has 1 aromatic rings. The van der Waals surface area contributed by atoms with Crippen molar-refractivity contribution in [2.24, 2.45) is 10.8 Å². The van der Waals surface area contributed by atoms with Gasteiger partial charge in [0.2, 0.25) is 0 Å². The van der Waals surface area contributed by atoms with E-state index in [1.165, 1.54) is 0 Å². The minimum Gasteiger partial charge on any atom is -0.384 e. The molecule has 0 aliphatic heterocycles. The molecule has 1 aliphatic rings. The van der Waals surface area contributed by atoms with Crippen molar-refractivity contribution in [2.45, 2.75) is 46.3 Å². The van der Waals surface area contributed by atoms with Gasteiger partial charge >= 0.3 is 0 Å². The van der Waals surface area contributed by atoms with Crippen LogP contribution < -0.4 is 5.32 Å². The lowest BCUT2D eigenvalue weighted by Gasteiger charge is -2.25. The molecule has 1 aliphatic carbocycles. The molecule has 0 saturated heterocycles. The Morgan fingerprint density at radius 2 is 1.61 bits per heavy atom. The quantitative estimate of drug-likeness (QED) is 0.857. The molecule has 0 radical (unpaired) electrons. The fourth-order valence-electron chi connectivity index (χ4n) is 2.91. The van der Waals surface area contributed by atoms with Crippen molar-refractivity contribution < 1.29 is 5.11 Å². The molecule has 2 nitrogen and oxygen atoms in total. The van der Waals surface area contributed by atoms with Gasteiger partial charge in [0, 0.05) is 12.6 Å². The number of nitrogens with one attached hydrogen (secondary N) is 1. The molecular weight excluding hydrogens is 222 g/mol. The zero-order chi connectivity index (χ0) is 13.6. The second-order valence-electron chi connectivity index (χ2n) is 6.90. The third-order valence-corrected chi connectivity index (χ3v) is 5.07. The van der Waals surface area contributed by atoms with Crippen LogP contribution in [0.1, 0.15) is 40.2 Å². The number of hydrogen-bond acceptors (Lipinski definition) is 2. The zero-order valence-electron chi connectivity index (χ0n) is 12.1. The first-order valence-corrected chi connectivity index (χ1v) is 6.71. The molecule has 2 heteroatoms. The summed E-state index contributed by atoms with van der Waals surface area (Å²) in [4.78, 5) is 0. The van der Waals surface area contributed by atoms with Crippen molar-refractivity contribution in [3.8, 4) is 0 Å². The molecule has 0 spiro atoms. The molecule has 0 amide bonds. The van der Waals surface area contributed by atoms with Crippen LogP contribution in [0.25, 0.3) is 0 Å². The average Bonchev–Trinajstić information content (AvgIpc) is 2.68. The highest BCUT2D eigenvalue weighted by molar-refractivity contribution is 5.23. The first-order valence-electron chi connectivity index (χ1n) is 6.71. The van der Waals surface area contributed by atoms with Crippen LogP contribution in [0.2, 0.25) is 0 Å². The molecule has 18 heavy (non-hydrogen) atoms. The molecule has 1 unspecified atom stereocenters. The molecule has 0 heterocycles. The van der Waals surface area contributed by atoms with Gasteiger partial charge in [-0.15, -0.1) is 0 Å². The molecule has 1 saturated carbocycles. The van der Waals surface area contributed by atoms with Crippen molar-refractivity contribution in [2.75, 3.05) is 6.54 Å². The highest BCUT2D eigenvalue weighted by atomic mass is 16.3. The lowest BCUT2D eigenvalue weighted by Crippen LogP contribution is -2.38. The van der Waals surface area contributed by atoms with E-state index in [0.29, 0.717) is 23.4 Å². The standard InChI is InChI=1S/C16H25NO/c1-14(2)13(15(14,3)4)17-11-16(5,18)12-9-7-6-8-10-12/h6-10,13,17-18H,11H2,1-5H3. The van der Waals surface area contributed by atoms with Gasteiger partial charge in [-0.25, -0.2) is 0 Å². The van der Waals surface area contributed by atoms with Gasteiger partial charge in [-0.05, 0) is 23.3 Å². The topological polar surface area (TPSA) is 32.3 Å². The van der Waals surface area contributed by atoms with Crippen LogP contribution in [0.3, 0.4) is 0 Å². The highest BCUT2D eigenvalue weighted by Gasteiger charge is 2.64. The monoisotopic (exact) mass is 247 g/mol. The summed E-state index contributed by atoms with van der Waals surface area (Å²) in [5, 5.41) is 14.1. The van der Waals surface area contributed by atoms with Gasteiger partial charge in [0.05, 0.1) is 5.60 Å². The van der Waals surface area contributed by atoms with E-state index in [0.717, 1.165) is 5.56 Å². The molecule has 1 fully saturated rings. The van der Waals surface area contributed by atoms with Crippen LogP contribution in [0.5, 0.6) is 0 Å². The van der Waals surface area contributed by atoms with Crippen LogP contribution in [-0.4, -0.2) is 17.7 Å². The number of rotatable bonds is 4. The molecule has 1 aromatic carbocycles. The third kappa shape index (κ3) is 2.08. The number of benzene rings is 1. The Kier molecular flexibility index (Phi) is 3.07. The maximum atomic E-state index is 10.5. The van der Waals surface area contributed by atoms with Gasteiger partial charge < -0.3 is 10.4 Å². The fraction of sp³-hybridized carbons (Fsp3) is 0.625. The molecule has 0 aromatic heterocycles. The lowest BCUT2D eigenvalue weighted by atomic mass is 9.96. The first-order chi connectivity index (χ1) is 8.19. The third-order valence-electron chi connectivity index (χ3n) is 5.07. The minimum absolute atomic E-state index is 0.305. The van der Waals surface area contributed by atoms with Crippen LogP contribution in [0.15, 0.2) is 30.3 Å². The molecule has 1 atom stereocenters. The van der Waals surface area contributed by atoms with Crippen molar-refractivity contribution in [1.82, 2.24) is 5.32 Å². The van der Waals surface area contributed by atoms with Crippen LogP contribution >= 0.6 is 0 Å². The number of hydrogen-bond donors (Lipinski definition) is 2. The summed E-state index contributed by atoms with van der Waals surface area (Å²) in [5.74, 6) is 0. The van der Waals surface area contributed by atoms with Crippen LogP contribution in [0, 0.1) is 10.8 Å². The van der Waals surface area contributed by atoms with Gasteiger partial charge in [0.15, 0.2) is 0 Å². The minimum atomic E-state index is -0.810. The predicted molar refractivity (Wildman–Crippen MR) is 75.4 cm³/mol. The summed E-state index contributed by atoms with van der Waals surface area (Å²) in [6, 6.07) is 10.3. The summed E-state index contributed by atoms with van der Waals surface area (Å²) in [6.07, 6.45) is 0. The van der Waals surface area contributed by atoms with E-state index >= 15 is 0 Å². The predicted octanol–water partition coefficient (Wildman–Crippen LogP) is 2.92. The van der Waals surface area contributed by atoms with Crippen molar-refractivity contribution in [3.05, 3.63) is 35.9 Å². The van der Waals surface area contributed by atoms with Gasteiger partial charge in [-0.2, -0.15) is 0 Å². The molecular formula is C16H25NO. The Morgan fingerprint density at radius 1 is 1.11 bits per heavy atom. The highest BCUT2D eigenvalue weighted by Crippen LogP contribution is 2.62. The molecule has 0 bridgehead atoms. The zero-order valence-corrected chi connectivity index (χ0v) is 12.1. The largest absolute Gasteiger partial charge is 0.384 e. The average molecular weight is 247 g/mol. The van der Waals surface area contributed by atoms with Crippen LogP contribution in [0.4, 0.5) is 0 Å². The van der Waals surface area contributed by atoms with E-state index in [4.69, 9.17) is 0 Å². The molecule has 2 N–H and O–H groups in total. The van der Waals surface area contributed by atoms with Crippen molar-refractivity contribution in [3.63, 3.8) is 0 Å². The fourth-order valence-corrected chi connectivity index (χ4v) is 2.91. The van der Waals surface area contributed by atoms with Gasteiger partial charge in [0.1, 0.15) is 0 Å². The van der Waals surface area contributed by atoms with E-state index in [9.17, 15) is 5.11 Å². The second-order valence-corrected chi connectivity index (χ2v) is 6.90. The lowest BCUT2D eigenvalue weighted by molar-refractivity contribution is 0.0553. The normalized spacial score (nSPS) is 24.6. The van der Waals surface area contributed by atoms with Crippen molar-refractivity contribution >= 4 is 0 Å². The Hall–Kier alpha value is -0.860. The van der Waals surface area contributed by atoms with E-state index in [-0.39, 0.29) is 0 Å². The molecule has 2 rings (SSSR count). The van der Waals surface area contributed by atoms with E-state index in [2.05, 4.69) is 33.0 Å². The summed E-state index contributed by atoms with van der Waals surface area (Å²) in [5.41, 5.74) is 0.768. The summed E-state index contributed by atoms with van der Waals surface area (Å²) in [7, 11) is 0. The number of aliphatic hydroxyl groups is 1. The Balaban J connectivity index is 2.00. The second kappa shape index (κ2) is 4.07. The maximum Gasteiger partial charge on any atom is 0.0992 e. The van der Waals surface area contributed by atoms with Crippen LogP contribution in [-0.2, 0) is 5.60 Å². The molecule has 100 valence electrons.